The molecule has 4 aromatic rings. The monoisotopic (exact) mass is 434 g/mol. The van der Waals surface area contributed by atoms with Gasteiger partial charge >= 0.3 is 11.9 Å². The highest BCUT2D eigenvalue weighted by Crippen LogP contribution is 2.14. The van der Waals surface area contributed by atoms with Gasteiger partial charge in [-0.2, -0.15) is 10.2 Å². The van der Waals surface area contributed by atoms with E-state index in [0.29, 0.717) is 17.9 Å². The van der Waals surface area contributed by atoms with Crippen molar-refractivity contribution in [2.24, 2.45) is 0 Å². The van der Waals surface area contributed by atoms with Crippen molar-refractivity contribution in [2.75, 3.05) is 6.61 Å². The molecule has 0 fully saturated rings. The van der Waals surface area contributed by atoms with Crippen LogP contribution in [0.25, 0.3) is 11.4 Å². The van der Waals surface area contributed by atoms with Crippen molar-refractivity contribution in [3.8, 4) is 11.4 Å². The van der Waals surface area contributed by atoms with Crippen LogP contribution >= 0.6 is 0 Å². The Balaban J connectivity index is 0.000000182. The number of pyridine rings is 2. The summed E-state index contributed by atoms with van der Waals surface area (Å²) in [6.07, 6.45) is 9.51. The second-order valence-electron chi connectivity index (χ2n) is 6.56. The van der Waals surface area contributed by atoms with E-state index in [1.54, 1.807) is 54.1 Å². The molecule has 32 heavy (non-hydrogen) atoms. The summed E-state index contributed by atoms with van der Waals surface area (Å²) in [6, 6.07) is 7.29. The number of esters is 1. The van der Waals surface area contributed by atoms with E-state index in [2.05, 4.69) is 20.2 Å². The van der Waals surface area contributed by atoms with Crippen LogP contribution in [0.3, 0.4) is 0 Å². The Morgan fingerprint density at radius 3 is 1.78 bits per heavy atom. The van der Waals surface area contributed by atoms with Crippen molar-refractivity contribution in [3.63, 3.8) is 0 Å². The van der Waals surface area contributed by atoms with E-state index in [0.717, 1.165) is 17.1 Å². The average Bonchev–Trinajstić information content (AvgIpc) is 3.38. The van der Waals surface area contributed by atoms with Gasteiger partial charge < -0.3 is 9.84 Å². The summed E-state index contributed by atoms with van der Waals surface area (Å²) in [5.74, 6) is -1.32. The maximum Gasteiger partial charge on any atom is 0.341 e. The molecule has 0 aliphatic heterocycles. The van der Waals surface area contributed by atoms with E-state index >= 15 is 0 Å². The van der Waals surface area contributed by atoms with Gasteiger partial charge in [-0.1, -0.05) is 0 Å². The van der Waals surface area contributed by atoms with Crippen molar-refractivity contribution >= 4 is 11.9 Å². The van der Waals surface area contributed by atoms with Gasteiger partial charge in [0.25, 0.3) is 0 Å². The van der Waals surface area contributed by atoms with Gasteiger partial charge in [-0.05, 0) is 45.0 Å². The molecular formula is C22H22N6O4. The molecule has 0 saturated heterocycles. The molecule has 0 atom stereocenters. The molecule has 10 heteroatoms. The maximum absolute atomic E-state index is 11.6. The molecule has 0 amide bonds. The normalized spacial score (nSPS) is 10.2. The van der Waals surface area contributed by atoms with Crippen LogP contribution in [0.4, 0.5) is 0 Å². The van der Waals surface area contributed by atoms with Crippen molar-refractivity contribution in [2.45, 2.75) is 20.8 Å². The summed E-state index contributed by atoms with van der Waals surface area (Å²) >= 11 is 0. The van der Waals surface area contributed by atoms with E-state index in [9.17, 15) is 9.59 Å². The molecule has 164 valence electrons. The molecule has 0 aliphatic carbocycles. The zero-order chi connectivity index (χ0) is 23.1. The van der Waals surface area contributed by atoms with Gasteiger partial charge in [0.15, 0.2) is 0 Å². The first-order valence-corrected chi connectivity index (χ1v) is 9.74. The number of aromatic carboxylic acids is 1. The van der Waals surface area contributed by atoms with Crippen LogP contribution in [-0.2, 0) is 4.74 Å². The number of rotatable bonds is 5. The van der Waals surface area contributed by atoms with E-state index < -0.39 is 5.97 Å². The quantitative estimate of drug-likeness (QED) is 0.475. The van der Waals surface area contributed by atoms with Crippen LogP contribution in [0.5, 0.6) is 0 Å². The molecule has 0 saturated carbocycles. The van der Waals surface area contributed by atoms with Crippen LogP contribution in [0.15, 0.2) is 61.4 Å². The Morgan fingerprint density at radius 1 is 0.875 bits per heavy atom. The largest absolute Gasteiger partial charge is 0.478 e. The summed E-state index contributed by atoms with van der Waals surface area (Å²) < 4.78 is 8.17. The number of hydrogen-bond donors (Lipinski definition) is 1. The van der Waals surface area contributed by atoms with Gasteiger partial charge in [-0.25, -0.2) is 19.0 Å². The fourth-order valence-corrected chi connectivity index (χ4v) is 2.92. The number of aromatic nitrogens is 6. The summed E-state index contributed by atoms with van der Waals surface area (Å²) in [5.41, 5.74) is 3.60. The predicted octanol–water partition coefficient (Wildman–Crippen LogP) is 3.03. The number of carbonyl (C=O) groups excluding carboxylic acids is 1. The van der Waals surface area contributed by atoms with Crippen LogP contribution in [0.2, 0.25) is 0 Å². The average molecular weight is 434 g/mol. The third-order valence-corrected chi connectivity index (χ3v) is 4.53. The van der Waals surface area contributed by atoms with E-state index in [4.69, 9.17) is 9.84 Å². The SMILES string of the molecule is CCOC(=O)c1cnn(-c2cccnc2)c1C.Cc1c(C(=O)O)cnn1-c1cccnc1. The minimum absolute atomic E-state index is 0.207. The van der Waals surface area contributed by atoms with Crippen LogP contribution in [-0.4, -0.2) is 53.2 Å². The highest BCUT2D eigenvalue weighted by Gasteiger charge is 2.16. The van der Waals surface area contributed by atoms with Crippen molar-refractivity contribution in [1.29, 1.82) is 0 Å². The third-order valence-electron chi connectivity index (χ3n) is 4.53. The first-order valence-electron chi connectivity index (χ1n) is 9.74. The predicted molar refractivity (Wildman–Crippen MR) is 115 cm³/mol. The smallest absolute Gasteiger partial charge is 0.341 e. The highest BCUT2D eigenvalue weighted by molar-refractivity contribution is 5.90. The lowest BCUT2D eigenvalue weighted by atomic mass is 10.2. The molecule has 1 N–H and O–H groups in total. The fraction of sp³-hybridized carbons (Fsp3) is 0.182. The summed E-state index contributed by atoms with van der Waals surface area (Å²) in [4.78, 5) is 30.4. The Labute approximate surface area is 184 Å². The topological polar surface area (TPSA) is 125 Å². The summed E-state index contributed by atoms with van der Waals surface area (Å²) in [7, 11) is 0. The van der Waals surface area contributed by atoms with E-state index in [1.807, 2.05) is 25.1 Å². The van der Waals surface area contributed by atoms with Gasteiger partial charge in [0.2, 0.25) is 0 Å². The van der Waals surface area contributed by atoms with E-state index in [1.165, 1.54) is 12.4 Å². The second-order valence-corrected chi connectivity index (χ2v) is 6.56. The second kappa shape index (κ2) is 10.1. The minimum Gasteiger partial charge on any atom is -0.478 e. The van der Waals surface area contributed by atoms with Crippen molar-refractivity contribution in [3.05, 3.63) is 84.0 Å². The molecule has 4 rings (SSSR count). The van der Waals surface area contributed by atoms with Crippen LogP contribution in [0, 0.1) is 13.8 Å². The maximum atomic E-state index is 11.6. The van der Waals surface area contributed by atoms with Gasteiger partial charge in [-0.15, -0.1) is 0 Å². The third kappa shape index (κ3) is 4.86. The number of carboxylic acids is 1. The highest BCUT2D eigenvalue weighted by atomic mass is 16.5. The number of nitrogens with zero attached hydrogens (tertiary/aromatic N) is 6. The van der Waals surface area contributed by atoms with Gasteiger partial charge in [0.1, 0.15) is 11.1 Å². The minimum atomic E-state index is -0.970. The Morgan fingerprint density at radius 2 is 1.38 bits per heavy atom. The first kappa shape index (κ1) is 22.3. The number of ether oxygens (including phenoxy) is 1. The molecule has 0 radical (unpaired) electrons. The first-order chi connectivity index (χ1) is 15.4. The fourth-order valence-electron chi connectivity index (χ4n) is 2.92. The Kier molecular flexibility index (Phi) is 7.06. The molecule has 4 aromatic heterocycles. The molecule has 0 unspecified atom stereocenters. The number of carbonyl (C=O) groups is 2. The van der Waals surface area contributed by atoms with E-state index in [-0.39, 0.29) is 11.5 Å². The zero-order valence-electron chi connectivity index (χ0n) is 17.8. The molecule has 0 aromatic carbocycles. The molecule has 4 heterocycles. The summed E-state index contributed by atoms with van der Waals surface area (Å²) in [5, 5.41) is 17.0. The number of carboxylic acid groups (broad SMARTS) is 1. The molecular weight excluding hydrogens is 412 g/mol. The van der Waals surface area contributed by atoms with Gasteiger partial charge in [0, 0.05) is 12.4 Å². The lowest BCUT2D eigenvalue weighted by molar-refractivity contribution is 0.0525. The molecule has 0 bridgehead atoms. The van der Waals surface area contributed by atoms with Crippen LogP contribution in [0.1, 0.15) is 39.0 Å². The Bertz CT molecular complexity index is 1200. The van der Waals surface area contributed by atoms with Gasteiger partial charge in [-0.3, -0.25) is 9.97 Å². The Hall–Kier alpha value is -4.34. The summed E-state index contributed by atoms with van der Waals surface area (Å²) in [6.45, 7) is 5.67. The molecule has 10 nitrogen and oxygen atoms in total. The molecule has 0 aliphatic rings. The van der Waals surface area contributed by atoms with Crippen molar-refractivity contribution < 1.29 is 19.4 Å². The van der Waals surface area contributed by atoms with Gasteiger partial charge in [0.05, 0.1) is 54.2 Å². The molecule has 0 spiro atoms. The zero-order valence-corrected chi connectivity index (χ0v) is 17.8. The number of hydrogen-bond acceptors (Lipinski definition) is 7. The lowest BCUT2D eigenvalue weighted by Crippen LogP contribution is -2.06. The van der Waals surface area contributed by atoms with Crippen molar-refractivity contribution in [1.82, 2.24) is 29.5 Å². The standard InChI is InChI=1S/C12H13N3O2.C10H9N3O2/c1-3-17-12(16)11-8-14-15(9(11)2)10-5-4-6-13-7-10;1-7-9(10(14)15)6-12-13(7)8-3-2-4-11-5-8/h4-8H,3H2,1-2H3;2-6H,1H3,(H,14,15). The van der Waals surface area contributed by atoms with Crippen LogP contribution < -0.4 is 0 Å². The lowest BCUT2D eigenvalue weighted by Gasteiger charge is -2.04.